The number of nitrogens with one attached hydrogen (secondary N) is 1. The van der Waals surface area contributed by atoms with Crippen LogP contribution in [0.25, 0.3) is 0 Å². The van der Waals surface area contributed by atoms with E-state index >= 15 is 0 Å². The van der Waals surface area contributed by atoms with Gasteiger partial charge >= 0.3 is 0 Å². The lowest BCUT2D eigenvalue weighted by molar-refractivity contribution is 0.0928. The molecule has 0 amide bonds. The third kappa shape index (κ3) is 4.60. The SMILES string of the molecule is COc1ccc(C(C)NCCOCCO)c(F)c1. The lowest BCUT2D eigenvalue weighted by Crippen LogP contribution is -2.24. The topological polar surface area (TPSA) is 50.7 Å². The van der Waals surface area contributed by atoms with Crippen LogP contribution >= 0.6 is 0 Å². The monoisotopic (exact) mass is 257 g/mol. The van der Waals surface area contributed by atoms with Crippen LogP contribution in [0, 0.1) is 5.82 Å². The smallest absolute Gasteiger partial charge is 0.131 e. The van der Waals surface area contributed by atoms with Crippen molar-refractivity contribution in [3.63, 3.8) is 0 Å². The molecular weight excluding hydrogens is 237 g/mol. The Morgan fingerprint density at radius 3 is 2.78 bits per heavy atom. The van der Waals surface area contributed by atoms with Crippen molar-refractivity contribution < 1.29 is 19.0 Å². The second-order valence-corrected chi connectivity index (χ2v) is 3.90. The van der Waals surface area contributed by atoms with E-state index < -0.39 is 0 Å². The molecule has 4 nitrogen and oxygen atoms in total. The minimum atomic E-state index is -0.286. The first-order valence-corrected chi connectivity index (χ1v) is 5.94. The third-order valence-electron chi connectivity index (χ3n) is 2.61. The molecule has 0 aromatic heterocycles. The highest BCUT2D eigenvalue weighted by atomic mass is 19.1. The molecule has 1 unspecified atom stereocenters. The highest BCUT2D eigenvalue weighted by molar-refractivity contribution is 5.30. The molecule has 0 heterocycles. The van der Waals surface area contributed by atoms with E-state index in [9.17, 15) is 4.39 Å². The summed E-state index contributed by atoms with van der Waals surface area (Å²) >= 11 is 0. The molecule has 0 spiro atoms. The molecule has 0 saturated carbocycles. The summed E-state index contributed by atoms with van der Waals surface area (Å²) in [5.74, 6) is 0.223. The molecule has 0 aliphatic heterocycles. The predicted molar refractivity (Wildman–Crippen MR) is 67.3 cm³/mol. The Bertz CT molecular complexity index is 360. The lowest BCUT2D eigenvalue weighted by atomic mass is 10.1. The van der Waals surface area contributed by atoms with Crippen molar-refractivity contribution in [2.45, 2.75) is 13.0 Å². The molecule has 2 N–H and O–H groups in total. The Labute approximate surface area is 107 Å². The standard InChI is InChI=1S/C13H20FNO3/c1-10(15-5-7-18-8-6-16)12-4-3-11(17-2)9-13(12)14/h3-4,9-10,15-16H,5-8H2,1-2H3. The first kappa shape index (κ1) is 14.9. The zero-order valence-corrected chi connectivity index (χ0v) is 10.8. The highest BCUT2D eigenvalue weighted by Gasteiger charge is 2.10. The van der Waals surface area contributed by atoms with Gasteiger partial charge in [0.2, 0.25) is 0 Å². The quantitative estimate of drug-likeness (QED) is 0.693. The second kappa shape index (κ2) is 8.02. The lowest BCUT2D eigenvalue weighted by Gasteiger charge is -2.15. The van der Waals surface area contributed by atoms with Gasteiger partial charge in [0, 0.05) is 24.2 Å². The van der Waals surface area contributed by atoms with Crippen molar-refractivity contribution in [1.29, 1.82) is 0 Å². The number of aliphatic hydroxyl groups excluding tert-OH is 1. The minimum Gasteiger partial charge on any atom is -0.497 e. The van der Waals surface area contributed by atoms with Gasteiger partial charge in [0.15, 0.2) is 0 Å². The molecule has 0 aliphatic carbocycles. The second-order valence-electron chi connectivity index (χ2n) is 3.90. The van der Waals surface area contributed by atoms with Crippen LogP contribution in [-0.4, -0.2) is 38.6 Å². The summed E-state index contributed by atoms with van der Waals surface area (Å²) in [6.07, 6.45) is 0. The molecule has 5 heteroatoms. The van der Waals surface area contributed by atoms with Gasteiger partial charge in [0.05, 0.1) is 26.9 Å². The Hall–Kier alpha value is -1.17. The number of aliphatic hydroxyl groups is 1. The Balaban J connectivity index is 2.43. The number of rotatable bonds is 8. The normalized spacial score (nSPS) is 12.4. The van der Waals surface area contributed by atoms with E-state index in [4.69, 9.17) is 14.6 Å². The fourth-order valence-electron chi connectivity index (χ4n) is 1.61. The zero-order valence-electron chi connectivity index (χ0n) is 10.8. The molecule has 0 bridgehead atoms. The number of ether oxygens (including phenoxy) is 2. The van der Waals surface area contributed by atoms with Crippen LogP contribution in [0.1, 0.15) is 18.5 Å². The minimum absolute atomic E-state index is 0.0165. The molecule has 102 valence electrons. The summed E-state index contributed by atoms with van der Waals surface area (Å²) in [6.45, 7) is 3.32. The van der Waals surface area contributed by atoms with Crippen molar-refractivity contribution in [3.8, 4) is 5.75 Å². The van der Waals surface area contributed by atoms with Crippen molar-refractivity contribution >= 4 is 0 Å². The molecule has 0 saturated heterocycles. The van der Waals surface area contributed by atoms with Crippen LogP contribution < -0.4 is 10.1 Å². The molecule has 1 aromatic rings. The van der Waals surface area contributed by atoms with Gasteiger partial charge in [-0.15, -0.1) is 0 Å². The van der Waals surface area contributed by atoms with E-state index in [1.165, 1.54) is 13.2 Å². The van der Waals surface area contributed by atoms with Gasteiger partial charge in [-0.2, -0.15) is 0 Å². The average molecular weight is 257 g/mol. The molecule has 18 heavy (non-hydrogen) atoms. The Morgan fingerprint density at radius 2 is 2.17 bits per heavy atom. The summed E-state index contributed by atoms with van der Waals surface area (Å²) in [5, 5.41) is 11.7. The first-order chi connectivity index (χ1) is 8.69. The summed E-state index contributed by atoms with van der Waals surface area (Å²) in [5.41, 5.74) is 0.595. The van der Waals surface area contributed by atoms with Crippen molar-refractivity contribution in [1.82, 2.24) is 5.32 Å². The van der Waals surface area contributed by atoms with E-state index in [1.54, 1.807) is 12.1 Å². The molecule has 1 atom stereocenters. The van der Waals surface area contributed by atoms with Gasteiger partial charge in [-0.05, 0) is 13.0 Å². The molecule has 1 rings (SSSR count). The Kier molecular flexibility index (Phi) is 6.64. The molecule has 0 aliphatic rings. The number of methoxy groups -OCH3 is 1. The van der Waals surface area contributed by atoms with Gasteiger partial charge in [0.1, 0.15) is 11.6 Å². The maximum absolute atomic E-state index is 13.7. The summed E-state index contributed by atoms with van der Waals surface area (Å²) in [4.78, 5) is 0. The summed E-state index contributed by atoms with van der Waals surface area (Å²) < 4.78 is 23.8. The Morgan fingerprint density at radius 1 is 1.39 bits per heavy atom. The van der Waals surface area contributed by atoms with Crippen LogP contribution in [0.5, 0.6) is 5.75 Å². The van der Waals surface area contributed by atoms with E-state index in [0.29, 0.717) is 31.1 Å². The fourth-order valence-corrected chi connectivity index (χ4v) is 1.61. The molecule has 0 fully saturated rings. The van der Waals surface area contributed by atoms with E-state index in [1.807, 2.05) is 6.92 Å². The maximum atomic E-state index is 13.7. The molecule has 1 aromatic carbocycles. The van der Waals surface area contributed by atoms with Crippen LogP contribution in [-0.2, 0) is 4.74 Å². The number of halogens is 1. The van der Waals surface area contributed by atoms with E-state index in [2.05, 4.69) is 5.32 Å². The van der Waals surface area contributed by atoms with Crippen LogP contribution in [0.2, 0.25) is 0 Å². The van der Waals surface area contributed by atoms with Gasteiger partial charge in [-0.1, -0.05) is 6.07 Å². The fraction of sp³-hybridized carbons (Fsp3) is 0.538. The van der Waals surface area contributed by atoms with Gasteiger partial charge in [0.25, 0.3) is 0 Å². The van der Waals surface area contributed by atoms with Crippen molar-refractivity contribution in [2.24, 2.45) is 0 Å². The van der Waals surface area contributed by atoms with E-state index in [0.717, 1.165) is 0 Å². The van der Waals surface area contributed by atoms with Crippen molar-refractivity contribution in [2.75, 3.05) is 33.5 Å². The number of benzene rings is 1. The van der Waals surface area contributed by atoms with Crippen LogP contribution in [0.3, 0.4) is 0 Å². The van der Waals surface area contributed by atoms with Crippen LogP contribution in [0.15, 0.2) is 18.2 Å². The van der Waals surface area contributed by atoms with Crippen molar-refractivity contribution in [3.05, 3.63) is 29.6 Å². The average Bonchev–Trinajstić information content (AvgIpc) is 2.38. The number of hydrogen-bond acceptors (Lipinski definition) is 4. The van der Waals surface area contributed by atoms with Gasteiger partial charge in [-0.3, -0.25) is 0 Å². The number of hydrogen-bond donors (Lipinski definition) is 2. The zero-order chi connectivity index (χ0) is 13.4. The first-order valence-electron chi connectivity index (χ1n) is 5.94. The van der Waals surface area contributed by atoms with E-state index in [-0.39, 0.29) is 18.5 Å². The van der Waals surface area contributed by atoms with Crippen LogP contribution in [0.4, 0.5) is 4.39 Å². The molecule has 0 radical (unpaired) electrons. The third-order valence-corrected chi connectivity index (χ3v) is 2.61. The highest BCUT2D eigenvalue weighted by Crippen LogP contribution is 2.21. The predicted octanol–water partition coefficient (Wildman–Crippen LogP) is 1.49. The largest absolute Gasteiger partial charge is 0.497 e. The maximum Gasteiger partial charge on any atom is 0.131 e. The summed E-state index contributed by atoms with van der Waals surface area (Å²) in [7, 11) is 1.51. The van der Waals surface area contributed by atoms with Gasteiger partial charge < -0.3 is 19.9 Å². The van der Waals surface area contributed by atoms with Gasteiger partial charge in [-0.25, -0.2) is 4.39 Å². The molecular formula is C13H20FNO3. The summed E-state index contributed by atoms with van der Waals surface area (Å²) in [6, 6.07) is 4.71.